The average Bonchev–Trinajstić information content (AvgIpc) is 2.89. The normalized spacial score (nSPS) is 61.0. The van der Waals surface area contributed by atoms with Crippen molar-refractivity contribution in [3.8, 4) is 0 Å². The molecular formula is C20H28O2. The Morgan fingerprint density at radius 1 is 1.23 bits per heavy atom. The van der Waals surface area contributed by atoms with Crippen LogP contribution >= 0.6 is 0 Å². The summed E-state index contributed by atoms with van der Waals surface area (Å²) in [6.07, 6.45) is 11.0. The molecule has 4 saturated carbocycles. The van der Waals surface area contributed by atoms with Crippen LogP contribution in [0.1, 0.15) is 65.7 Å². The van der Waals surface area contributed by atoms with Gasteiger partial charge in [0.25, 0.3) is 0 Å². The van der Waals surface area contributed by atoms with Crippen LogP contribution < -0.4 is 0 Å². The van der Waals surface area contributed by atoms with E-state index in [0.717, 1.165) is 31.1 Å². The van der Waals surface area contributed by atoms with Crippen LogP contribution in [-0.4, -0.2) is 11.1 Å². The lowest BCUT2D eigenvalue weighted by Crippen LogP contribution is -2.55. The van der Waals surface area contributed by atoms with Crippen molar-refractivity contribution >= 4 is 5.97 Å². The summed E-state index contributed by atoms with van der Waals surface area (Å²) in [6.45, 7) is 6.95. The summed E-state index contributed by atoms with van der Waals surface area (Å²) in [4.78, 5) is 12.0. The van der Waals surface area contributed by atoms with Crippen molar-refractivity contribution < 1.29 is 9.90 Å². The molecule has 0 saturated heterocycles. The van der Waals surface area contributed by atoms with E-state index in [4.69, 9.17) is 0 Å². The molecule has 2 nitrogen and oxygen atoms in total. The summed E-state index contributed by atoms with van der Waals surface area (Å²) in [5, 5.41) is 9.90. The van der Waals surface area contributed by atoms with Crippen LogP contribution in [0, 0.1) is 39.4 Å². The van der Waals surface area contributed by atoms with Crippen molar-refractivity contribution in [2.24, 2.45) is 39.4 Å². The summed E-state index contributed by atoms with van der Waals surface area (Å²) >= 11 is 0. The summed E-state index contributed by atoms with van der Waals surface area (Å²) in [5.74, 6) is 1.55. The molecule has 0 heterocycles. The van der Waals surface area contributed by atoms with E-state index in [1.807, 2.05) is 6.92 Å². The zero-order chi connectivity index (χ0) is 15.5. The molecule has 7 unspecified atom stereocenters. The number of hydrogen-bond donors (Lipinski definition) is 1. The van der Waals surface area contributed by atoms with E-state index in [9.17, 15) is 9.90 Å². The summed E-state index contributed by atoms with van der Waals surface area (Å²) < 4.78 is 0. The van der Waals surface area contributed by atoms with E-state index in [-0.39, 0.29) is 5.41 Å². The molecule has 2 heteroatoms. The maximum Gasteiger partial charge on any atom is 0.309 e. The standard InChI is InChI=1S/C20H28O2/c1-17-6-4-7-18(2,16(21)22)14(17)5-8-20-10-13-12(9-15(17)20)19(13,3)11-20/h9,12-14H,4-8,10-11H2,1-3H3,(H,21,22). The van der Waals surface area contributed by atoms with Crippen LogP contribution in [0.3, 0.4) is 0 Å². The maximum absolute atomic E-state index is 12.0. The van der Waals surface area contributed by atoms with Gasteiger partial charge in [-0.2, -0.15) is 0 Å². The number of hydrogen-bond acceptors (Lipinski definition) is 1. The summed E-state index contributed by atoms with van der Waals surface area (Å²) in [6, 6.07) is 0. The monoisotopic (exact) mass is 300 g/mol. The fraction of sp³-hybridized carbons (Fsp3) is 0.850. The Morgan fingerprint density at radius 3 is 2.64 bits per heavy atom. The highest BCUT2D eigenvalue weighted by Crippen LogP contribution is 2.83. The molecule has 0 aromatic heterocycles. The topological polar surface area (TPSA) is 37.3 Å². The van der Waals surface area contributed by atoms with Crippen LogP contribution in [0.2, 0.25) is 0 Å². The molecule has 6 aliphatic rings. The van der Waals surface area contributed by atoms with Crippen molar-refractivity contribution in [1.29, 1.82) is 0 Å². The molecule has 0 aliphatic heterocycles. The van der Waals surface area contributed by atoms with Gasteiger partial charge in [0.1, 0.15) is 0 Å². The second-order valence-corrected chi connectivity index (χ2v) is 9.96. The van der Waals surface area contributed by atoms with Crippen LogP contribution in [0.4, 0.5) is 0 Å². The number of allylic oxidation sites excluding steroid dienone is 2. The molecule has 4 fully saturated rings. The van der Waals surface area contributed by atoms with Gasteiger partial charge in [-0.3, -0.25) is 4.79 Å². The van der Waals surface area contributed by atoms with Gasteiger partial charge in [0.15, 0.2) is 0 Å². The Labute approximate surface area is 133 Å². The first-order chi connectivity index (χ1) is 10.3. The third-order valence-corrected chi connectivity index (χ3v) is 9.13. The minimum absolute atomic E-state index is 0.151. The minimum Gasteiger partial charge on any atom is -0.481 e. The van der Waals surface area contributed by atoms with E-state index >= 15 is 0 Å². The van der Waals surface area contributed by atoms with Crippen molar-refractivity contribution in [3.63, 3.8) is 0 Å². The van der Waals surface area contributed by atoms with E-state index in [0.29, 0.717) is 16.7 Å². The van der Waals surface area contributed by atoms with Crippen molar-refractivity contribution in [3.05, 3.63) is 11.6 Å². The van der Waals surface area contributed by atoms with Gasteiger partial charge < -0.3 is 5.11 Å². The predicted octanol–water partition coefficient (Wildman–Crippen LogP) is 4.65. The molecule has 0 radical (unpaired) electrons. The van der Waals surface area contributed by atoms with Gasteiger partial charge in [-0.05, 0) is 79.4 Å². The van der Waals surface area contributed by atoms with Gasteiger partial charge in [-0.1, -0.05) is 31.9 Å². The lowest BCUT2D eigenvalue weighted by atomic mass is 9.43. The SMILES string of the molecule is CC1(C(=O)O)CCCC2(C)C3=CC4C5CC3(CCC12)CC45C. The molecule has 4 bridgehead atoms. The van der Waals surface area contributed by atoms with Gasteiger partial charge >= 0.3 is 5.97 Å². The van der Waals surface area contributed by atoms with Crippen molar-refractivity contribution in [2.75, 3.05) is 0 Å². The number of carbonyl (C=O) groups is 1. The molecule has 6 aliphatic carbocycles. The highest BCUT2D eigenvalue weighted by Gasteiger charge is 2.75. The lowest BCUT2D eigenvalue weighted by molar-refractivity contribution is -0.161. The zero-order valence-electron chi connectivity index (χ0n) is 14.1. The van der Waals surface area contributed by atoms with E-state index in [1.165, 1.54) is 25.7 Å². The van der Waals surface area contributed by atoms with E-state index < -0.39 is 11.4 Å². The molecule has 0 amide bonds. The number of carboxylic acid groups (broad SMARTS) is 1. The Kier molecular flexibility index (Phi) is 2.16. The van der Waals surface area contributed by atoms with Gasteiger partial charge in [0.2, 0.25) is 0 Å². The average molecular weight is 300 g/mol. The fourth-order valence-corrected chi connectivity index (χ4v) is 8.03. The molecule has 1 N–H and O–H groups in total. The maximum atomic E-state index is 12.0. The first-order valence-electron chi connectivity index (χ1n) is 9.23. The first kappa shape index (κ1) is 13.6. The van der Waals surface area contributed by atoms with E-state index in [1.54, 1.807) is 5.57 Å². The predicted molar refractivity (Wildman–Crippen MR) is 85.3 cm³/mol. The van der Waals surface area contributed by atoms with Gasteiger partial charge in [0, 0.05) is 0 Å². The molecule has 0 aromatic carbocycles. The third kappa shape index (κ3) is 1.22. The largest absolute Gasteiger partial charge is 0.481 e. The Balaban J connectivity index is 1.63. The smallest absolute Gasteiger partial charge is 0.309 e. The second-order valence-electron chi connectivity index (χ2n) is 9.96. The molecule has 1 spiro atoms. The molecule has 0 aromatic rings. The zero-order valence-corrected chi connectivity index (χ0v) is 14.1. The minimum atomic E-state index is -0.557. The Hall–Kier alpha value is -0.790. The third-order valence-electron chi connectivity index (χ3n) is 9.13. The number of carboxylic acids is 1. The second kappa shape index (κ2) is 3.49. The Bertz CT molecular complexity index is 621. The first-order valence-corrected chi connectivity index (χ1v) is 9.23. The molecule has 6 rings (SSSR count). The fourth-order valence-electron chi connectivity index (χ4n) is 8.03. The Morgan fingerprint density at radius 2 is 2.00 bits per heavy atom. The van der Waals surface area contributed by atoms with Crippen LogP contribution in [0.15, 0.2) is 11.6 Å². The summed E-state index contributed by atoms with van der Waals surface area (Å²) in [5.41, 5.74) is 2.41. The van der Waals surface area contributed by atoms with Crippen molar-refractivity contribution in [1.82, 2.24) is 0 Å². The summed E-state index contributed by atoms with van der Waals surface area (Å²) in [7, 11) is 0. The number of rotatable bonds is 1. The molecule has 120 valence electrons. The van der Waals surface area contributed by atoms with Crippen LogP contribution in [0.5, 0.6) is 0 Å². The van der Waals surface area contributed by atoms with Crippen molar-refractivity contribution in [2.45, 2.75) is 65.7 Å². The highest BCUT2D eigenvalue weighted by molar-refractivity contribution is 5.75. The van der Waals surface area contributed by atoms with Gasteiger partial charge in [-0.15, -0.1) is 0 Å². The number of aliphatic carboxylic acids is 1. The highest BCUT2D eigenvalue weighted by atomic mass is 16.4. The number of fused-ring (bicyclic) bond motifs is 1. The molecule has 22 heavy (non-hydrogen) atoms. The quantitative estimate of drug-likeness (QED) is 0.716. The van der Waals surface area contributed by atoms with Gasteiger partial charge in [0.05, 0.1) is 5.41 Å². The van der Waals surface area contributed by atoms with E-state index in [2.05, 4.69) is 19.9 Å². The van der Waals surface area contributed by atoms with Crippen LogP contribution in [-0.2, 0) is 4.79 Å². The lowest BCUT2D eigenvalue weighted by Gasteiger charge is -2.61. The molecular weight excluding hydrogens is 272 g/mol. The van der Waals surface area contributed by atoms with Gasteiger partial charge in [-0.25, -0.2) is 0 Å². The molecule has 7 atom stereocenters. The van der Waals surface area contributed by atoms with Crippen LogP contribution in [0.25, 0.3) is 0 Å².